The summed E-state index contributed by atoms with van der Waals surface area (Å²) in [6, 6.07) is 4.71. The molecule has 16 heavy (non-hydrogen) atoms. The molecule has 3 nitrogen and oxygen atoms in total. The van der Waals surface area contributed by atoms with Crippen LogP contribution in [0, 0.1) is 0 Å². The summed E-state index contributed by atoms with van der Waals surface area (Å²) in [6.45, 7) is -1.81. The molecular weight excluding hydrogens is 291 g/mol. The van der Waals surface area contributed by atoms with Crippen molar-refractivity contribution in [2.75, 3.05) is 19.1 Å². The van der Waals surface area contributed by atoms with Gasteiger partial charge in [0.2, 0.25) is 0 Å². The average Bonchev–Trinajstić information content (AvgIpc) is 2.09. The maximum absolute atomic E-state index is 11.7. The van der Waals surface area contributed by atoms with Gasteiger partial charge in [-0.1, -0.05) is 15.9 Å². The van der Waals surface area contributed by atoms with Crippen LogP contribution in [0.15, 0.2) is 22.7 Å². The van der Waals surface area contributed by atoms with Crippen molar-refractivity contribution < 1.29 is 22.6 Å². The molecule has 0 heterocycles. The molecule has 0 bridgehead atoms. The van der Waals surface area contributed by atoms with E-state index >= 15 is 0 Å². The molecule has 1 rings (SSSR count). The molecule has 0 aliphatic carbocycles. The second kappa shape index (κ2) is 5.40. The number of nitrogen functional groups attached to an aromatic ring is 1. The Labute approximate surface area is 98.5 Å². The van der Waals surface area contributed by atoms with E-state index in [1.54, 1.807) is 12.1 Å². The van der Waals surface area contributed by atoms with Crippen LogP contribution in [-0.2, 0) is 4.74 Å². The van der Waals surface area contributed by atoms with Crippen molar-refractivity contribution in [2.45, 2.75) is 6.18 Å². The number of ether oxygens (including phenoxy) is 2. The Bertz CT molecular complexity index is 337. The summed E-state index contributed by atoms with van der Waals surface area (Å²) >= 11 is 3.17. The van der Waals surface area contributed by atoms with Gasteiger partial charge < -0.3 is 15.2 Å². The Kier molecular flexibility index (Phi) is 4.43. The van der Waals surface area contributed by atoms with Crippen LogP contribution in [0.1, 0.15) is 0 Å². The fraction of sp³-hybridized carbons (Fsp3) is 0.333. The number of rotatable bonds is 4. The average molecular weight is 300 g/mol. The van der Waals surface area contributed by atoms with E-state index in [1.807, 2.05) is 0 Å². The molecule has 2 N–H and O–H groups in total. The minimum Gasteiger partial charge on any atom is -0.467 e. The SMILES string of the molecule is Nc1cc(Br)cc(OCOCC(F)(F)F)c1. The van der Waals surface area contributed by atoms with Crippen molar-refractivity contribution >= 4 is 21.6 Å². The van der Waals surface area contributed by atoms with Gasteiger partial charge in [0, 0.05) is 16.2 Å². The quantitative estimate of drug-likeness (QED) is 0.528. The molecule has 0 atom stereocenters. The third kappa shape index (κ3) is 5.22. The number of anilines is 1. The van der Waals surface area contributed by atoms with Crippen LogP contribution < -0.4 is 10.5 Å². The smallest absolute Gasteiger partial charge is 0.411 e. The van der Waals surface area contributed by atoms with Gasteiger partial charge in [-0.25, -0.2) is 0 Å². The molecule has 90 valence electrons. The first-order chi connectivity index (χ1) is 7.37. The van der Waals surface area contributed by atoms with Crippen molar-refractivity contribution in [3.63, 3.8) is 0 Å². The van der Waals surface area contributed by atoms with Gasteiger partial charge in [-0.15, -0.1) is 0 Å². The highest BCUT2D eigenvalue weighted by atomic mass is 79.9. The second-order valence-corrected chi connectivity index (χ2v) is 3.86. The topological polar surface area (TPSA) is 44.5 Å². The van der Waals surface area contributed by atoms with E-state index in [4.69, 9.17) is 10.5 Å². The van der Waals surface area contributed by atoms with Crippen molar-refractivity contribution in [3.05, 3.63) is 22.7 Å². The third-order valence-electron chi connectivity index (χ3n) is 1.47. The predicted molar refractivity (Wildman–Crippen MR) is 56.1 cm³/mol. The van der Waals surface area contributed by atoms with Gasteiger partial charge in [-0.3, -0.25) is 0 Å². The summed E-state index contributed by atoms with van der Waals surface area (Å²) in [7, 11) is 0. The van der Waals surface area contributed by atoms with Crippen LogP contribution >= 0.6 is 15.9 Å². The van der Waals surface area contributed by atoms with Crippen LogP contribution in [0.5, 0.6) is 5.75 Å². The molecule has 0 radical (unpaired) electrons. The van der Waals surface area contributed by atoms with Gasteiger partial charge in [-0.2, -0.15) is 13.2 Å². The van der Waals surface area contributed by atoms with E-state index in [-0.39, 0.29) is 0 Å². The number of nitrogens with two attached hydrogens (primary N) is 1. The molecule has 0 aliphatic rings. The number of halogens is 4. The summed E-state index contributed by atoms with van der Waals surface area (Å²) in [5, 5.41) is 0. The number of hydrogen-bond donors (Lipinski definition) is 1. The first kappa shape index (κ1) is 13.1. The molecular formula is C9H9BrF3NO2. The number of hydrogen-bond acceptors (Lipinski definition) is 3. The van der Waals surface area contributed by atoms with E-state index in [2.05, 4.69) is 20.7 Å². The summed E-state index contributed by atoms with van der Waals surface area (Å²) in [5.74, 6) is 0.342. The maximum atomic E-state index is 11.7. The first-order valence-corrected chi connectivity index (χ1v) is 4.99. The lowest BCUT2D eigenvalue weighted by Crippen LogP contribution is -2.19. The molecule has 7 heteroatoms. The number of benzene rings is 1. The molecule has 0 fully saturated rings. The van der Waals surface area contributed by atoms with Crippen LogP contribution in [0.25, 0.3) is 0 Å². The molecule has 0 aromatic heterocycles. The highest BCUT2D eigenvalue weighted by molar-refractivity contribution is 9.10. The van der Waals surface area contributed by atoms with E-state index in [0.717, 1.165) is 0 Å². The van der Waals surface area contributed by atoms with Crippen molar-refractivity contribution in [1.82, 2.24) is 0 Å². The Hall–Kier alpha value is -0.950. The van der Waals surface area contributed by atoms with E-state index < -0.39 is 19.6 Å². The molecule has 0 saturated heterocycles. The molecule has 1 aromatic rings. The molecule has 1 aromatic carbocycles. The summed E-state index contributed by atoms with van der Waals surface area (Å²) in [6.07, 6.45) is -4.35. The summed E-state index contributed by atoms with van der Waals surface area (Å²) in [5.41, 5.74) is 5.95. The lowest BCUT2D eigenvalue weighted by Gasteiger charge is -2.09. The van der Waals surface area contributed by atoms with E-state index in [9.17, 15) is 13.2 Å². The zero-order valence-corrected chi connectivity index (χ0v) is 9.64. The zero-order valence-electron chi connectivity index (χ0n) is 8.05. The summed E-state index contributed by atoms with van der Waals surface area (Å²) < 4.78 is 45.0. The van der Waals surface area contributed by atoms with Gasteiger partial charge >= 0.3 is 6.18 Å². The van der Waals surface area contributed by atoms with Crippen LogP contribution in [-0.4, -0.2) is 19.6 Å². The summed E-state index contributed by atoms with van der Waals surface area (Å²) in [4.78, 5) is 0. The monoisotopic (exact) mass is 299 g/mol. The molecule has 0 unspecified atom stereocenters. The fourth-order valence-corrected chi connectivity index (χ4v) is 1.42. The zero-order chi connectivity index (χ0) is 12.2. The van der Waals surface area contributed by atoms with Crippen LogP contribution in [0.3, 0.4) is 0 Å². The van der Waals surface area contributed by atoms with Crippen LogP contribution in [0.4, 0.5) is 18.9 Å². The van der Waals surface area contributed by atoms with Crippen molar-refractivity contribution in [1.29, 1.82) is 0 Å². The highest BCUT2D eigenvalue weighted by Crippen LogP contribution is 2.23. The molecule has 0 saturated carbocycles. The predicted octanol–water partition coefficient (Wildman–Crippen LogP) is 2.95. The van der Waals surface area contributed by atoms with Gasteiger partial charge in [-0.05, 0) is 12.1 Å². The van der Waals surface area contributed by atoms with Gasteiger partial charge in [0.1, 0.15) is 12.4 Å². The number of alkyl halides is 3. The van der Waals surface area contributed by atoms with Gasteiger partial charge in [0.05, 0.1) is 0 Å². The standard InChI is InChI=1S/C9H9BrF3NO2/c10-6-1-7(14)3-8(2-6)16-5-15-4-9(11,12)13/h1-3H,4-5,14H2. The largest absolute Gasteiger partial charge is 0.467 e. The minimum absolute atomic E-state index is 0.342. The second-order valence-electron chi connectivity index (χ2n) is 2.95. The fourth-order valence-electron chi connectivity index (χ4n) is 0.935. The Morgan fingerprint density at radius 3 is 2.50 bits per heavy atom. The lowest BCUT2D eigenvalue weighted by atomic mass is 10.3. The Morgan fingerprint density at radius 2 is 1.94 bits per heavy atom. The van der Waals surface area contributed by atoms with Crippen LogP contribution in [0.2, 0.25) is 0 Å². The Balaban J connectivity index is 2.37. The van der Waals surface area contributed by atoms with E-state index in [0.29, 0.717) is 15.9 Å². The maximum Gasteiger partial charge on any atom is 0.411 e. The lowest BCUT2D eigenvalue weighted by molar-refractivity contribution is -0.186. The van der Waals surface area contributed by atoms with Crippen molar-refractivity contribution in [2.24, 2.45) is 0 Å². The molecule has 0 aliphatic heterocycles. The van der Waals surface area contributed by atoms with Gasteiger partial charge in [0.25, 0.3) is 0 Å². The first-order valence-electron chi connectivity index (χ1n) is 4.20. The van der Waals surface area contributed by atoms with E-state index in [1.165, 1.54) is 6.07 Å². The molecule has 0 amide bonds. The molecule has 0 spiro atoms. The van der Waals surface area contributed by atoms with Gasteiger partial charge in [0.15, 0.2) is 6.79 Å². The minimum atomic E-state index is -4.35. The Morgan fingerprint density at radius 1 is 1.25 bits per heavy atom. The van der Waals surface area contributed by atoms with Crippen molar-refractivity contribution in [3.8, 4) is 5.75 Å². The normalized spacial score (nSPS) is 11.5. The third-order valence-corrected chi connectivity index (χ3v) is 1.93. The highest BCUT2D eigenvalue weighted by Gasteiger charge is 2.27.